The minimum Gasteiger partial charge on any atom is -0.491 e. The summed E-state index contributed by atoms with van der Waals surface area (Å²) in [5.74, 6) is 0.882. The van der Waals surface area contributed by atoms with Crippen LogP contribution in [0.3, 0.4) is 0 Å². The number of rotatable bonds is 6. The number of nitrogens with one attached hydrogen (secondary N) is 1. The van der Waals surface area contributed by atoms with Crippen LogP contribution in [0.4, 0.5) is 5.69 Å². The highest BCUT2D eigenvalue weighted by atomic mass is 32.1. The number of benzene rings is 1. The van der Waals surface area contributed by atoms with E-state index in [1.54, 1.807) is 0 Å². The quantitative estimate of drug-likeness (QED) is 0.764. The fraction of sp³-hybridized carbons (Fsp3) is 0.462. The lowest BCUT2D eigenvalue weighted by atomic mass is 10.2. The Bertz CT molecular complexity index is 362. The number of nitrogens with two attached hydrogens (primary N) is 1. The van der Waals surface area contributed by atoms with Crippen molar-refractivity contribution in [3.05, 3.63) is 24.3 Å². The van der Waals surface area contributed by atoms with Gasteiger partial charge in [-0.2, -0.15) is 0 Å². The summed E-state index contributed by atoms with van der Waals surface area (Å²) >= 11 is 4.87. The summed E-state index contributed by atoms with van der Waals surface area (Å²) in [4.78, 5) is 0.532. The van der Waals surface area contributed by atoms with Gasteiger partial charge in [0.05, 0.1) is 11.1 Å². The molecule has 0 heterocycles. The maximum absolute atomic E-state index is 5.57. The van der Waals surface area contributed by atoms with Gasteiger partial charge in [0.15, 0.2) is 0 Å². The molecule has 0 amide bonds. The van der Waals surface area contributed by atoms with Crippen molar-refractivity contribution in [3.63, 3.8) is 0 Å². The van der Waals surface area contributed by atoms with Gasteiger partial charge < -0.3 is 15.8 Å². The summed E-state index contributed by atoms with van der Waals surface area (Å²) < 4.78 is 5.57. The smallest absolute Gasteiger partial charge is 0.119 e. The van der Waals surface area contributed by atoms with E-state index in [1.807, 2.05) is 38.1 Å². The SMILES string of the molecule is CC(CC(N)=S)Nc1ccc(OC(C)C)cc1. The molecule has 0 spiro atoms. The van der Waals surface area contributed by atoms with Crippen LogP contribution in [0.15, 0.2) is 24.3 Å². The first-order chi connectivity index (χ1) is 7.97. The van der Waals surface area contributed by atoms with Crippen molar-refractivity contribution in [2.45, 2.75) is 39.3 Å². The van der Waals surface area contributed by atoms with Gasteiger partial charge in [0.25, 0.3) is 0 Å². The van der Waals surface area contributed by atoms with Gasteiger partial charge in [-0.3, -0.25) is 0 Å². The Morgan fingerprint density at radius 2 is 1.88 bits per heavy atom. The van der Waals surface area contributed by atoms with Gasteiger partial charge >= 0.3 is 0 Å². The van der Waals surface area contributed by atoms with Crippen molar-refractivity contribution in [2.75, 3.05) is 5.32 Å². The molecule has 0 saturated heterocycles. The van der Waals surface area contributed by atoms with Crippen molar-refractivity contribution >= 4 is 22.9 Å². The molecule has 1 atom stereocenters. The molecular formula is C13H20N2OS. The first-order valence-corrected chi connectivity index (χ1v) is 6.19. The molecule has 1 rings (SSSR count). The largest absolute Gasteiger partial charge is 0.491 e. The van der Waals surface area contributed by atoms with Crippen molar-refractivity contribution in [3.8, 4) is 5.75 Å². The number of hydrogen-bond donors (Lipinski definition) is 2. The minimum atomic E-state index is 0.197. The third-order valence-electron chi connectivity index (χ3n) is 2.15. The first-order valence-electron chi connectivity index (χ1n) is 5.79. The Balaban J connectivity index is 2.53. The van der Waals surface area contributed by atoms with Gasteiger partial charge in [-0.1, -0.05) is 12.2 Å². The lowest BCUT2D eigenvalue weighted by Crippen LogP contribution is -2.22. The molecule has 3 nitrogen and oxygen atoms in total. The maximum Gasteiger partial charge on any atom is 0.119 e. The van der Waals surface area contributed by atoms with Gasteiger partial charge in [0.2, 0.25) is 0 Å². The molecule has 0 aliphatic heterocycles. The Morgan fingerprint density at radius 3 is 2.35 bits per heavy atom. The van der Waals surface area contributed by atoms with E-state index in [0.717, 1.165) is 11.4 Å². The van der Waals surface area contributed by atoms with Gasteiger partial charge in [0, 0.05) is 18.2 Å². The van der Waals surface area contributed by atoms with Crippen molar-refractivity contribution < 1.29 is 4.74 Å². The van der Waals surface area contributed by atoms with Crippen LogP contribution in [-0.4, -0.2) is 17.1 Å². The zero-order valence-corrected chi connectivity index (χ0v) is 11.4. The third kappa shape index (κ3) is 5.54. The van der Waals surface area contributed by atoms with Crippen LogP contribution < -0.4 is 15.8 Å². The second kappa shape index (κ2) is 6.45. The molecule has 0 aliphatic rings. The lowest BCUT2D eigenvalue weighted by Gasteiger charge is -2.15. The molecule has 0 fully saturated rings. The van der Waals surface area contributed by atoms with E-state index < -0.39 is 0 Å². The topological polar surface area (TPSA) is 47.3 Å². The van der Waals surface area contributed by atoms with E-state index >= 15 is 0 Å². The van der Waals surface area contributed by atoms with Gasteiger partial charge in [-0.25, -0.2) is 0 Å². The summed E-state index contributed by atoms with van der Waals surface area (Å²) in [5, 5.41) is 3.33. The van der Waals surface area contributed by atoms with E-state index in [-0.39, 0.29) is 12.1 Å². The molecule has 0 aromatic heterocycles. The molecule has 0 aliphatic carbocycles. The predicted octanol–water partition coefficient (Wildman–Crippen LogP) is 2.95. The molecule has 0 saturated carbocycles. The summed E-state index contributed by atoms with van der Waals surface area (Å²) in [5.41, 5.74) is 6.54. The van der Waals surface area contributed by atoms with Crippen LogP contribution >= 0.6 is 12.2 Å². The van der Waals surface area contributed by atoms with Gasteiger partial charge in [0.1, 0.15) is 5.75 Å². The third-order valence-corrected chi connectivity index (χ3v) is 2.31. The normalized spacial score (nSPS) is 12.2. The number of anilines is 1. The van der Waals surface area contributed by atoms with Crippen molar-refractivity contribution in [2.24, 2.45) is 5.73 Å². The standard InChI is InChI=1S/C13H20N2OS/c1-9(2)16-12-6-4-11(5-7-12)15-10(3)8-13(14)17/h4-7,9-10,15H,8H2,1-3H3,(H2,14,17). The van der Waals surface area contributed by atoms with Gasteiger partial charge in [-0.15, -0.1) is 0 Å². The molecule has 1 aromatic carbocycles. The molecule has 1 unspecified atom stereocenters. The number of thiocarbonyl (C=S) groups is 1. The summed E-state index contributed by atoms with van der Waals surface area (Å²) in [6.07, 6.45) is 0.891. The molecule has 3 N–H and O–H groups in total. The minimum absolute atomic E-state index is 0.197. The zero-order chi connectivity index (χ0) is 12.8. The predicted molar refractivity (Wildman–Crippen MR) is 76.7 cm³/mol. The Kier molecular flexibility index (Phi) is 5.22. The molecule has 17 heavy (non-hydrogen) atoms. The average molecular weight is 252 g/mol. The van der Waals surface area contributed by atoms with Gasteiger partial charge in [-0.05, 0) is 45.0 Å². The van der Waals surface area contributed by atoms with E-state index in [4.69, 9.17) is 22.7 Å². The first kappa shape index (κ1) is 13.8. The highest BCUT2D eigenvalue weighted by Gasteiger charge is 2.04. The van der Waals surface area contributed by atoms with Crippen molar-refractivity contribution in [1.82, 2.24) is 0 Å². The fourth-order valence-electron chi connectivity index (χ4n) is 1.54. The van der Waals surface area contributed by atoms with Crippen LogP contribution in [0.25, 0.3) is 0 Å². The van der Waals surface area contributed by atoms with Crippen LogP contribution in [0.2, 0.25) is 0 Å². The second-order valence-corrected chi connectivity index (χ2v) is 4.93. The Morgan fingerprint density at radius 1 is 1.29 bits per heavy atom. The van der Waals surface area contributed by atoms with Crippen LogP contribution in [0.5, 0.6) is 5.75 Å². The fourth-order valence-corrected chi connectivity index (χ4v) is 1.79. The Labute approximate surface area is 108 Å². The molecule has 0 radical (unpaired) electrons. The molecule has 94 valence electrons. The summed E-state index contributed by atoms with van der Waals surface area (Å²) in [6.45, 7) is 6.07. The monoisotopic (exact) mass is 252 g/mol. The molecular weight excluding hydrogens is 232 g/mol. The highest BCUT2D eigenvalue weighted by molar-refractivity contribution is 7.80. The zero-order valence-electron chi connectivity index (χ0n) is 10.6. The lowest BCUT2D eigenvalue weighted by molar-refractivity contribution is 0.242. The van der Waals surface area contributed by atoms with Crippen LogP contribution in [0, 0.1) is 0 Å². The van der Waals surface area contributed by atoms with Crippen LogP contribution in [0.1, 0.15) is 27.2 Å². The van der Waals surface area contributed by atoms with E-state index in [9.17, 15) is 0 Å². The van der Waals surface area contributed by atoms with E-state index in [1.165, 1.54) is 0 Å². The summed E-state index contributed by atoms with van der Waals surface area (Å²) in [6, 6.07) is 8.14. The molecule has 4 heteroatoms. The Hall–Kier alpha value is -1.29. The molecule has 1 aromatic rings. The van der Waals surface area contributed by atoms with E-state index in [0.29, 0.717) is 11.4 Å². The van der Waals surface area contributed by atoms with E-state index in [2.05, 4.69) is 12.2 Å². The summed E-state index contributed by atoms with van der Waals surface area (Å²) in [7, 11) is 0. The van der Waals surface area contributed by atoms with Crippen LogP contribution in [-0.2, 0) is 0 Å². The highest BCUT2D eigenvalue weighted by Crippen LogP contribution is 2.17. The maximum atomic E-state index is 5.57. The molecule has 0 bridgehead atoms. The second-order valence-electron chi connectivity index (χ2n) is 4.41. The van der Waals surface area contributed by atoms with Crippen molar-refractivity contribution in [1.29, 1.82) is 0 Å². The average Bonchev–Trinajstić information content (AvgIpc) is 2.18. The number of hydrogen-bond acceptors (Lipinski definition) is 3. The number of ether oxygens (including phenoxy) is 1.